The summed E-state index contributed by atoms with van der Waals surface area (Å²) in [7, 11) is 0. The predicted molar refractivity (Wildman–Crippen MR) is 135 cm³/mol. The second-order valence-electron chi connectivity index (χ2n) is 9.30. The Morgan fingerprint density at radius 1 is 1.06 bits per heavy atom. The molecule has 1 unspecified atom stereocenters. The third kappa shape index (κ3) is 5.12. The van der Waals surface area contributed by atoms with Gasteiger partial charge in [-0.25, -0.2) is 4.79 Å². The van der Waals surface area contributed by atoms with Crippen LogP contribution in [0.25, 0.3) is 10.8 Å². The third-order valence-electron chi connectivity index (χ3n) is 6.94. The first-order valence-electron chi connectivity index (χ1n) is 12.3. The molecule has 1 atom stereocenters. The Morgan fingerprint density at radius 2 is 1.91 bits per heavy atom. The number of anilines is 1. The summed E-state index contributed by atoms with van der Waals surface area (Å²) in [5.74, 6) is 1.50. The minimum absolute atomic E-state index is 0.0827. The molecule has 6 heteroatoms. The van der Waals surface area contributed by atoms with Crippen molar-refractivity contribution in [3.8, 4) is 11.5 Å². The minimum atomic E-state index is -0.0827. The van der Waals surface area contributed by atoms with E-state index in [-0.39, 0.29) is 12.8 Å². The number of amides is 2. The number of carbonyl (C=O) groups excluding carboxylic acids is 1. The highest BCUT2D eigenvalue weighted by Crippen LogP contribution is 2.33. The van der Waals surface area contributed by atoms with Crippen molar-refractivity contribution in [3.05, 3.63) is 66.2 Å². The molecule has 6 nitrogen and oxygen atoms in total. The van der Waals surface area contributed by atoms with E-state index in [1.165, 1.54) is 19.3 Å². The smallest absolute Gasteiger partial charge is 0.322 e. The zero-order valence-corrected chi connectivity index (χ0v) is 19.8. The molecule has 1 N–H and O–H groups in total. The highest BCUT2D eigenvalue weighted by molar-refractivity contribution is 6.01. The zero-order valence-electron chi connectivity index (χ0n) is 19.8. The second-order valence-corrected chi connectivity index (χ2v) is 9.30. The van der Waals surface area contributed by atoms with E-state index in [9.17, 15) is 4.79 Å². The number of fused-ring (bicyclic) bond motifs is 2. The molecule has 0 spiro atoms. The Morgan fingerprint density at radius 3 is 2.82 bits per heavy atom. The molecular weight excluding hydrogens is 426 g/mol. The van der Waals surface area contributed by atoms with Gasteiger partial charge in [-0.15, -0.1) is 0 Å². The lowest BCUT2D eigenvalue weighted by atomic mass is 10.0. The van der Waals surface area contributed by atoms with Crippen LogP contribution in [-0.2, 0) is 6.54 Å². The van der Waals surface area contributed by atoms with E-state index in [0.717, 1.165) is 53.0 Å². The number of ether oxygens (including phenoxy) is 2. The van der Waals surface area contributed by atoms with Gasteiger partial charge in [-0.05, 0) is 61.9 Å². The predicted octanol–water partition coefficient (Wildman–Crippen LogP) is 5.87. The first-order chi connectivity index (χ1) is 16.7. The van der Waals surface area contributed by atoms with Gasteiger partial charge in [0.15, 0.2) is 11.5 Å². The van der Waals surface area contributed by atoms with Gasteiger partial charge in [0.2, 0.25) is 6.79 Å². The molecule has 0 radical (unpaired) electrons. The summed E-state index contributed by atoms with van der Waals surface area (Å²) in [5, 5.41) is 5.33. The Kier molecular flexibility index (Phi) is 6.86. The Labute approximate surface area is 201 Å². The molecular formula is C28H33N3O3. The summed E-state index contributed by atoms with van der Waals surface area (Å²) in [6, 6.07) is 20.6. The van der Waals surface area contributed by atoms with Crippen LogP contribution < -0.4 is 14.8 Å². The molecule has 0 saturated carbocycles. The van der Waals surface area contributed by atoms with Crippen molar-refractivity contribution in [2.45, 2.75) is 45.2 Å². The minimum Gasteiger partial charge on any atom is -0.454 e. The molecule has 34 heavy (non-hydrogen) atoms. The average Bonchev–Trinajstić information content (AvgIpc) is 3.33. The van der Waals surface area contributed by atoms with Crippen LogP contribution in [0.4, 0.5) is 10.5 Å². The van der Waals surface area contributed by atoms with Gasteiger partial charge in [-0.2, -0.15) is 0 Å². The molecule has 5 rings (SSSR count). The molecule has 0 bridgehead atoms. The zero-order chi connectivity index (χ0) is 23.3. The van der Waals surface area contributed by atoms with E-state index in [2.05, 4.69) is 29.3 Å². The van der Waals surface area contributed by atoms with E-state index in [1.807, 2.05) is 53.4 Å². The van der Waals surface area contributed by atoms with Crippen molar-refractivity contribution in [1.29, 1.82) is 0 Å². The molecule has 2 heterocycles. The van der Waals surface area contributed by atoms with Crippen molar-refractivity contribution >= 4 is 22.5 Å². The van der Waals surface area contributed by atoms with E-state index in [1.54, 1.807) is 0 Å². The van der Waals surface area contributed by atoms with E-state index in [4.69, 9.17) is 9.47 Å². The topological polar surface area (TPSA) is 54.0 Å². The number of hydrogen-bond donors (Lipinski definition) is 1. The van der Waals surface area contributed by atoms with Crippen molar-refractivity contribution in [3.63, 3.8) is 0 Å². The van der Waals surface area contributed by atoms with Crippen molar-refractivity contribution in [1.82, 2.24) is 9.80 Å². The SMILES string of the molecule is CC1CCCCN1CCCN(Cc1ccc2c(c1)OCO2)C(=O)Nc1cccc2ccccc12. The molecule has 2 aliphatic heterocycles. The maximum Gasteiger partial charge on any atom is 0.322 e. The molecule has 3 aromatic rings. The van der Waals surface area contributed by atoms with Crippen molar-refractivity contribution < 1.29 is 14.3 Å². The number of nitrogens with one attached hydrogen (secondary N) is 1. The normalized spacial score (nSPS) is 17.6. The molecule has 178 valence electrons. The van der Waals surface area contributed by atoms with Gasteiger partial charge in [-0.1, -0.05) is 48.9 Å². The molecule has 0 aromatic heterocycles. The highest BCUT2D eigenvalue weighted by Gasteiger charge is 2.21. The molecule has 0 aliphatic carbocycles. The fraction of sp³-hybridized carbons (Fsp3) is 0.393. The van der Waals surface area contributed by atoms with Crippen LogP contribution in [0.15, 0.2) is 60.7 Å². The Hall–Kier alpha value is -3.25. The lowest BCUT2D eigenvalue weighted by Crippen LogP contribution is -2.40. The van der Waals surface area contributed by atoms with Crippen LogP contribution in [0.1, 0.15) is 38.2 Å². The number of hydrogen-bond acceptors (Lipinski definition) is 4. The summed E-state index contributed by atoms with van der Waals surface area (Å²) in [5.41, 5.74) is 1.87. The Bertz CT molecular complexity index is 1140. The molecule has 1 fully saturated rings. The summed E-state index contributed by atoms with van der Waals surface area (Å²) < 4.78 is 11.0. The standard InChI is InChI=1S/C28H33N3O3/c1-21-8-4-5-15-30(21)16-7-17-31(19-22-13-14-26-27(18-22)34-20-33-26)28(32)29-25-12-6-10-23-9-2-3-11-24(23)25/h2-3,6,9-14,18,21H,4-5,7-8,15-17,19-20H2,1H3,(H,29,32). The van der Waals surface area contributed by atoms with Gasteiger partial charge < -0.3 is 24.6 Å². The molecule has 2 amide bonds. The van der Waals surface area contributed by atoms with Gasteiger partial charge in [0.25, 0.3) is 0 Å². The molecule has 3 aromatic carbocycles. The van der Waals surface area contributed by atoms with Crippen molar-refractivity contribution in [2.75, 3.05) is 31.7 Å². The number of carbonyl (C=O) groups is 1. The first kappa shape index (κ1) is 22.5. The molecule has 2 aliphatic rings. The monoisotopic (exact) mass is 459 g/mol. The quantitative estimate of drug-likeness (QED) is 0.480. The van der Waals surface area contributed by atoms with Gasteiger partial charge in [0, 0.05) is 31.1 Å². The maximum atomic E-state index is 13.5. The van der Waals surface area contributed by atoms with Crippen molar-refractivity contribution in [2.24, 2.45) is 0 Å². The first-order valence-corrected chi connectivity index (χ1v) is 12.3. The lowest BCUT2D eigenvalue weighted by Gasteiger charge is -2.34. The summed E-state index contributed by atoms with van der Waals surface area (Å²) in [6.45, 7) is 5.94. The maximum absolute atomic E-state index is 13.5. The lowest BCUT2D eigenvalue weighted by molar-refractivity contribution is 0.150. The third-order valence-corrected chi connectivity index (χ3v) is 6.94. The Balaban J connectivity index is 1.31. The van der Waals surface area contributed by atoms with Gasteiger partial charge in [0.05, 0.1) is 5.69 Å². The van der Waals surface area contributed by atoms with Gasteiger partial charge >= 0.3 is 6.03 Å². The largest absolute Gasteiger partial charge is 0.454 e. The number of rotatable bonds is 7. The van der Waals surface area contributed by atoms with Crippen LogP contribution in [0.2, 0.25) is 0 Å². The van der Waals surface area contributed by atoms with Gasteiger partial charge in [0.1, 0.15) is 0 Å². The fourth-order valence-corrected chi connectivity index (χ4v) is 5.00. The second kappa shape index (κ2) is 10.3. The fourth-order valence-electron chi connectivity index (χ4n) is 5.00. The van der Waals surface area contributed by atoms with Crippen LogP contribution in [0.5, 0.6) is 11.5 Å². The number of piperidine rings is 1. The number of likely N-dealkylation sites (tertiary alicyclic amines) is 1. The van der Waals surface area contributed by atoms with Crippen LogP contribution >= 0.6 is 0 Å². The highest BCUT2D eigenvalue weighted by atomic mass is 16.7. The van der Waals surface area contributed by atoms with E-state index in [0.29, 0.717) is 19.1 Å². The van der Waals surface area contributed by atoms with Crippen LogP contribution in [0.3, 0.4) is 0 Å². The molecule has 1 saturated heterocycles. The van der Waals surface area contributed by atoms with E-state index >= 15 is 0 Å². The number of benzene rings is 3. The summed E-state index contributed by atoms with van der Waals surface area (Å²) in [6.07, 6.45) is 4.80. The van der Waals surface area contributed by atoms with Crippen LogP contribution in [-0.4, -0.2) is 48.3 Å². The summed E-state index contributed by atoms with van der Waals surface area (Å²) >= 11 is 0. The average molecular weight is 460 g/mol. The van der Waals surface area contributed by atoms with Crippen LogP contribution in [0, 0.1) is 0 Å². The summed E-state index contributed by atoms with van der Waals surface area (Å²) in [4.78, 5) is 18.0. The van der Waals surface area contributed by atoms with E-state index < -0.39 is 0 Å². The van der Waals surface area contributed by atoms with Gasteiger partial charge in [-0.3, -0.25) is 0 Å². The number of urea groups is 1. The number of nitrogens with zero attached hydrogens (tertiary/aromatic N) is 2.